The molecule has 1 aromatic heterocycles. The molecule has 2 aromatic rings. The van der Waals surface area contributed by atoms with Crippen molar-refractivity contribution < 1.29 is 14.3 Å². The highest BCUT2D eigenvalue weighted by atomic mass is 35.5. The summed E-state index contributed by atoms with van der Waals surface area (Å²) in [7, 11) is 0. The van der Waals surface area contributed by atoms with Crippen LogP contribution < -0.4 is 5.32 Å². The van der Waals surface area contributed by atoms with Gasteiger partial charge in [-0.05, 0) is 51.3 Å². The van der Waals surface area contributed by atoms with Crippen molar-refractivity contribution >= 4 is 29.2 Å². The van der Waals surface area contributed by atoms with Crippen LogP contribution in [0.1, 0.15) is 53.9 Å². The largest absolute Gasteiger partial charge is 0.449 e. The second-order valence-electron chi connectivity index (χ2n) is 6.68. The van der Waals surface area contributed by atoms with Gasteiger partial charge >= 0.3 is 5.97 Å². The third-order valence-electron chi connectivity index (χ3n) is 4.30. The van der Waals surface area contributed by atoms with E-state index in [9.17, 15) is 9.59 Å². The van der Waals surface area contributed by atoms with Crippen LogP contribution in [0.2, 0.25) is 5.15 Å². The van der Waals surface area contributed by atoms with E-state index in [4.69, 9.17) is 16.3 Å². The summed E-state index contributed by atoms with van der Waals surface area (Å²) in [5.41, 5.74) is 3.36. The number of aryl methyl sites for hydroxylation is 4. The van der Waals surface area contributed by atoms with Crippen molar-refractivity contribution in [2.75, 3.05) is 5.32 Å². The number of hydrogen-bond acceptors (Lipinski definition) is 4. The summed E-state index contributed by atoms with van der Waals surface area (Å²) < 4.78 is 6.93. The number of anilines is 1. The molecule has 0 aliphatic rings. The molecule has 1 N–H and O–H groups in total. The van der Waals surface area contributed by atoms with E-state index < -0.39 is 18.0 Å². The molecule has 146 valence electrons. The van der Waals surface area contributed by atoms with Crippen LogP contribution in [0.3, 0.4) is 0 Å². The number of hydrogen-bond donors (Lipinski definition) is 1. The molecule has 0 saturated heterocycles. The van der Waals surface area contributed by atoms with Crippen molar-refractivity contribution in [1.82, 2.24) is 9.78 Å². The maximum atomic E-state index is 12.5. The maximum absolute atomic E-state index is 12.5. The first-order chi connectivity index (χ1) is 12.7. The average molecular weight is 392 g/mol. The monoisotopic (exact) mass is 391 g/mol. The number of ether oxygens (including phenoxy) is 1. The molecular weight excluding hydrogens is 366 g/mol. The molecule has 27 heavy (non-hydrogen) atoms. The molecule has 0 bridgehead atoms. The van der Waals surface area contributed by atoms with E-state index in [0.717, 1.165) is 24.0 Å². The first-order valence-electron chi connectivity index (χ1n) is 9.06. The Morgan fingerprint density at radius 2 is 2.00 bits per heavy atom. The minimum atomic E-state index is -0.966. The Bertz CT molecular complexity index is 845. The fraction of sp³-hybridized carbons (Fsp3) is 0.450. The van der Waals surface area contributed by atoms with Crippen molar-refractivity contribution in [2.24, 2.45) is 0 Å². The Hall–Kier alpha value is -2.34. The Morgan fingerprint density at radius 1 is 1.30 bits per heavy atom. The van der Waals surface area contributed by atoms with Crippen LogP contribution in [-0.4, -0.2) is 27.8 Å². The second-order valence-corrected chi connectivity index (χ2v) is 7.04. The van der Waals surface area contributed by atoms with Crippen molar-refractivity contribution in [2.45, 2.75) is 60.1 Å². The molecule has 1 amide bonds. The van der Waals surface area contributed by atoms with Crippen molar-refractivity contribution in [1.29, 1.82) is 0 Å². The highest BCUT2D eigenvalue weighted by molar-refractivity contribution is 6.32. The molecule has 1 atom stereocenters. The van der Waals surface area contributed by atoms with Gasteiger partial charge in [0.25, 0.3) is 5.91 Å². The Kier molecular flexibility index (Phi) is 7.02. The molecule has 2 rings (SSSR count). The lowest BCUT2D eigenvalue weighted by Crippen LogP contribution is -2.30. The van der Waals surface area contributed by atoms with Crippen molar-refractivity contribution in [3.05, 3.63) is 45.7 Å². The van der Waals surface area contributed by atoms with Gasteiger partial charge in [-0.15, -0.1) is 0 Å². The number of esters is 1. The van der Waals surface area contributed by atoms with Gasteiger partial charge in [-0.1, -0.05) is 37.1 Å². The smallest absolute Gasteiger partial charge is 0.343 e. The molecular formula is C20H26ClN3O3. The van der Waals surface area contributed by atoms with Gasteiger partial charge in [0.05, 0.1) is 5.69 Å². The van der Waals surface area contributed by atoms with Gasteiger partial charge in [0, 0.05) is 12.2 Å². The van der Waals surface area contributed by atoms with Crippen LogP contribution in [0.5, 0.6) is 0 Å². The highest BCUT2D eigenvalue weighted by Gasteiger charge is 2.25. The first-order valence-corrected chi connectivity index (χ1v) is 9.44. The van der Waals surface area contributed by atoms with Gasteiger partial charge in [-0.3, -0.25) is 9.48 Å². The van der Waals surface area contributed by atoms with E-state index in [1.165, 1.54) is 6.92 Å². The van der Waals surface area contributed by atoms with Crippen LogP contribution in [0, 0.1) is 20.8 Å². The number of carbonyl (C=O) groups excluding carboxylic acids is 2. The van der Waals surface area contributed by atoms with E-state index >= 15 is 0 Å². The zero-order valence-electron chi connectivity index (χ0n) is 16.4. The molecule has 0 spiro atoms. The van der Waals surface area contributed by atoms with Gasteiger partial charge in [-0.25, -0.2) is 4.79 Å². The summed E-state index contributed by atoms with van der Waals surface area (Å²) in [6.07, 6.45) is 0.932. The SMILES string of the molecule is CCCCn1nc(C)c(C(=O)O[C@@H](C)C(=O)Nc2cc(C)ccc2C)c1Cl. The number of unbranched alkanes of at least 4 members (excludes halogenated alkanes) is 1. The summed E-state index contributed by atoms with van der Waals surface area (Å²) >= 11 is 6.29. The van der Waals surface area contributed by atoms with Gasteiger partial charge in [0.2, 0.25) is 0 Å². The molecule has 6 nitrogen and oxygen atoms in total. The molecule has 0 radical (unpaired) electrons. The number of halogens is 1. The summed E-state index contributed by atoms with van der Waals surface area (Å²) in [5.74, 6) is -1.05. The van der Waals surface area contributed by atoms with E-state index in [0.29, 0.717) is 17.9 Å². The number of benzene rings is 1. The van der Waals surface area contributed by atoms with Gasteiger partial charge in [0.1, 0.15) is 10.7 Å². The molecule has 0 fully saturated rings. The standard InChI is InChI=1S/C20H26ClN3O3/c1-6-7-10-24-18(21)17(14(4)23-24)20(26)27-15(5)19(25)22-16-11-12(2)8-9-13(16)3/h8-9,11,15H,6-7,10H2,1-5H3,(H,22,25)/t15-/m0/s1. The summed E-state index contributed by atoms with van der Waals surface area (Å²) in [6.45, 7) is 9.77. The predicted octanol–water partition coefficient (Wildman–Crippen LogP) is 4.45. The molecule has 0 unspecified atom stereocenters. The van der Waals surface area contributed by atoms with Crippen molar-refractivity contribution in [3.8, 4) is 0 Å². The summed E-state index contributed by atoms with van der Waals surface area (Å²) in [6, 6.07) is 5.77. The van der Waals surface area contributed by atoms with Crippen LogP contribution >= 0.6 is 11.6 Å². The molecule has 7 heteroatoms. The van der Waals surface area contributed by atoms with E-state index in [1.807, 2.05) is 32.0 Å². The zero-order chi connectivity index (χ0) is 20.1. The van der Waals surface area contributed by atoms with Crippen LogP contribution in [0.25, 0.3) is 0 Å². The minimum Gasteiger partial charge on any atom is -0.449 e. The Labute approximate surface area is 164 Å². The highest BCUT2D eigenvalue weighted by Crippen LogP contribution is 2.22. The Balaban J connectivity index is 2.07. The number of rotatable bonds is 7. The van der Waals surface area contributed by atoms with Crippen molar-refractivity contribution in [3.63, 3.8) is 0 Å². The topological polar surface area (TPSA) is 73.2 Å². The zero-order valence-corrected chi connectivity index (χ0v) is 17.2. The lowest BCUT2D eigenvalue weighted by atomic mass is 10.1. The number of nitrogens with zero attached hydrogens (tertiary/aromatic N) is 2. The minimum absolute atomic E-state index is 0.208. The normalized spacial score (nSPS) is 11.9. The molecule has 0 aliphatic carbocycles. The van der Waals surface area contributed by atoms with E-state index in [-0.39, 0.29) is 10.7 Å². The quantitative estimate of drug-likeness (QED) is 0.708. The van der Waals surface area contributed by atoms with E-state index in [2.05, 4.69) is 17.3 Å². The lowest BCUT2D eigenvalue weighted by Gasteiger charge is -2.15. The fourth-order valence-corrected chi connectivity index (χ4v) is 2.96. The fourth-order valence-electron chi connectivity index (χ4n) is 2.62. The van der Waals surface area contributed by atoms with Crippen LogP contribution in [-0.2, 0) is 16.1 Å². The lowest BCUT2D eigenvalue weighted by molar-refractivity contribution is -0.123. The number of amides is 1. The molecule has 0 aliphatic heterocycles. The molecule has 0 saturated carbocycles. The Morgan fingerprint density at radius 3 is 2.67 bits per heavy atom. The third kappa shape index (κ3) is 5.10. The van der Waals surface area contributed by atoms with Gasteiger partial charge in [-0.2, -0.15) is 5.10 Å². The van der Waals surface area contributed by atoms with Gasteiger partial charge < -0.3 is 10.1 Å². The summed E-state index contributed by atoms with van der Waals surface area (Å²) in [4.78, 5) is 24.9. The second kappa shape index (κ2) is 9.04. The van der Waals surface area contributed by atoms with E-state index in [1.54, 1.807) is 11.6 Å². The number of nitrogens with one attached hydrogen (secondary N) is 1. The number of aromatic nitrogens is 2. The van der Waals surface area contributed by atoms with Crippen LogP contribution in [0.4, 0.5) is 5.69 Å². The molecule has 1 heterocycles. The third-order valence-corrected chi connectivity index (χ3v) is 4.68. The number of carbonyl (C=O) groups is 2. The van der Waals surface area contributed by atoms with Crippen LogP contribution in [0.15, 0.2) is 18.2 Å². The average Bonchev–Trinajstić information content (AvgIpc) is 2.89. The summed E-state index contributed by atoms with van der Waals surface area (Å²) in [5, 5.41) is 7.34. The van der Waals surface area contributed by atoms with Gasteiger partial charge in [0.15, 0.2) is 6.10 Å². The molecule has 1 aromatic carbocycles. The predicted molar refractivity (Wildman–Crippen MR) is 106 cm³/mol. The first kappa shape index (κ1) is 21.0. The maximum Gasteiger partial charge on any atom is 0.343 e.